The molecular weight excluding hydrogens is 308 g/mol. The van der Waals surface area contributed by atoms with Gasteiger partial charge in [-0.1, -0.05) is 11.6 Å². The monoisotopic (exact) mass is 336 g/mol. The number of likely N-dealkylation sites (tertiary alicyclic amines) is 1. The summed E-state index contributed by atoms with van der Waals surface area (Å²) in [5, 5.41) is 10.3. The first-order valence-electron chi connectivity index (χ1n) is 8.78. The summed E-state index contributed by atoms with van der Waals surface area (Å²) < 4.78 is 4.93. The summed E-state index contributed by atoms with van der Waals surface area (Å²) in [7, 11) is 0. The van der Waals surface area contributed by atoms with Crippen molar-refractivity contribution in [1.29, 1.82) is 0 Å². The molecule has 2 rings (SSSR count). The largest absolute Gasteiger partial charge is 0.357 e. The Hall–Kier alpha value is -2.12. The van der Waals surface area contributed by atoms with Crippen LogP contribution in [-0.4, -0.2) is 53.1 Å². The number of nitrogens with one attached hydrogen (secondary N) is 2. The fraction of sp³-hybridized carbons (Fsp3) is 0.750. The molecule has 134 valence electrons. The van der Waals surface area contributed by atoms with E-state index in [1.54, 1.807) is 6.92 Å². The maximum atomic E-state index is 12.0. The molecule has 8 heteroatoms. The molecule has 24 heavy (non-hydrogen) atoms. The van der Waals surface area contributed by atoms with E-state index in [2.05, 4.69) is 25.8 Å². The van der Waals surface area contributed by atoms with Gasteiger partial charge in [-0.2, -0.15) is 4.98 Å². The Morgan fingerprint density at radius 2 is 2.21 bits per heavy atom. The van der Waals surface area contributed by atoms with E-state index < -0.39 is 0 Å². The molecule has 0 unspecified atom stereocenters. The average molecular weight is 336 g/mol. The van der Waals surface area contributed by atoms with E-state index >= 15 is 0 Å². The summed E-state index contributed by atoms with van der Waals surface area (Å²) in [4.78, 5) is 22.5. The first-order chi connectivity index (χ1) is 11.7. The van der Waals surface area contributed by atoms with E-state index in [0.29, 0.717) is 30.6 Å². The van der Waals surface area contributed by atoms with E-state index in [-0.39, 0.29) is 0 Å². The molecule has 0 spiro atoms. The van der Waals surface area contributed by atoms with E-state index in [1.165, 1.54) is 0 Å². The Balaban J connectivity index is 1.73. The normalized spacial score (nSPS) is 16.2. The van der Waals surface area contributed by atoms with Gasteiger partial charge in [0.05, 0.1) is 0 Å². The Kier molecular flexibility index (Phi) is 7.51. The Morgan fingerprint density at radius 3 is 2.96 bits per heavy atom. The molecule has 0 saturated carbocycles. The van der Waals surface area contributed by atoms with Crippen molar-refractivity contribution in [3.05, 3.63) is 11.7 Å². The van der Waals surface area contributed by atoms with Crippen LogP contribution in [0, 0.1) is 6.92 Å². The number of aromatic nitrogens is 2. The van der Waals surface area contributed by atoms with Crippen molar-refractivity contribution in [2.45, 2.75) is 52.5 Å². The van der Waals surface area contributed by atoms with Gasteiger partial charge in [0.15, 0.2) is 11.8 Å². The summed E-state index contributed by atoms with van der Waals surface area (Å²) in [6.45, 7) is 7.39. The zero-order valence-corrected chi connectivity index (χ0v) is 14.7. The van der Waals surface area contributed by atoms with Crippen molar-refractivity contribution in [1.82, 2.24) is 25.7 Å². The van der Waals surface area contributed by atoms with E-state index in [0.717, 1.165) is 57.8 Å². The predicted molar refractivity (Wildman–Crippen MR) is 91.5 cm³/mol. The smallest absolute Gasteiger partial charge is 0.223 e. The van der Waals surface area contributed by atoms with Crippen LogP contribution in [-0.2, 0) is 11.3 Å². The number of hydrogen-bond donors (Lipinski definition) is 2. The predicted octanol–water partition coefficient (Wildman–Crippen LogP) is 1.23. The molecule has 0 aliphatic carbocycles. The highest BCUT2D eigenvalue weighted by molar-refractivity contribution is 5.79. The highest BCUT2D eigenvalue weighted by Crippen LogP contribution is 2.11. The van der Waals surface area contributed by atoms with Crippen LogP contribution in [0.5, 0.6) is 0 Å². The van der Waals surface area contributed by atoms with Crippen LogP contribution in [0.15, 0.2) is 9.52 Å². The summed E-state index contributed by atoms with van der Waals surface area (Å²) in [5.41, 5.74) is 0. The van der Waals surface area contributed by atoms with Crippen LogP contribution in [0.1, 0.15) is 50.7 Å². The quantitative estimate of drug-likeness (QED) is 0.442. The lowest BCUT2D eigenvalue weighted by molar-refractivity contribution is -0.130. The van der Waals surface area contributed by atoms with E-state index in [9.17, 15) is 4.79 Å². The zero-order chi connectivity index (χ0) is 17.2. The highest BCUT2D eigenvalue weighted by atomic mass is 16.5. The number of amides is 1. The molecule has 1 aromatic heterocycles. The molecule has 1 amide bonds. The van der Waals surface area contributed by atoms with Crippen molar-refractivity contribution < 1.29 is 9.32 Å². The second kappa shape index (κ2) is 9.89. The topological polar surface area (TPSA) is 95.7 Å². The van der Waals surface area contributed by atoms with Gasteiger partial charge >= 0.3 is 0 Å². The van der Waals surface area contributed by atoms with Crippen molar-refractivity contribution in [2.24, 2.45) is 4.99 Å². The third-order valence-corrected chi connectivity index (χ3v) is 3.86. The minimum Gasteiger partial charge on any atom is -0.357 e. The van der Waals surface area contributed by atoms with Gasteiger partial charge in [0.25, 0.3) is 0 Å². The lowest BCUT2D eigenvalue weighted by Crippen LogP contribution is -2.39. The molecule has 1 aliphatic rings. The number of rotatable bonds is 7. The van der Waals surface area contributed by atoms with Crippen LogP contribution in [0.3, 0.4) is 0 Å². The lowest BCUT2D eigenvalue weighted by Gasteiger charge is -2.20. The van der Waals surface area contributed by atoms with Gasteiger partial charge in [0.1, 0.15) is 6.54 Å². The van der Waals surface area contributed by atoms with Crippen LogP contribution in [0.2, 0.25) is 0 Å². The molecule has 0 radical (unpaired) electrons. The van der Waals surface area contributed by atoms with Gasteiger partial charge < -0.3 is 20.1 Å². The molecule has 0 bridgehead atoms. The molecule has 2 heterocycles. The zero-order valence-electron chi connectivity index (χ0n) is 14.7. The van der Waals surface area contributed by atoms with Crippen molar-refractivity contribution in [3.63, 3.8) is 0 Å². The highest BCUT2D eigenvalue weighted by Gasteiger charge is 2.15. The number of carbonyl (C=O) groups is 1. The van der Waals surface area contributed by atoms with Gasteiger partial charge in [-0.05, 0) is 26.2 Å². The van der Waals surface area contributed by atoms with Crippen LogP contribution >= 0.6 is 0 Å². The first-order valence-corrected chi connectivity index (χ1v) is 8.78. The number of carbonyl (C=O) groups excluding carboxylic acids is 1. The third-order valence-electron chi connectivity index (χ3n) is 3.86. The van der Waals surface area contributed by atoms with Crippen molar-refractivity contribution in [2.75, 3.05) is 26.2 Å². The molecular formula is C16H28N6O2. The standard InChI is InChI=1S/C16H28N6O2/c1-3-17-16(19-12-14-20-13(2)24-21-14)18-9-7-11-22-10-6-4-5-8-15(22)23/h3-12H2,1-2H3,(H2,17,18,19). The van der Waals surface area contributed by atoms with Gasteiger partial charge in [-0.3, -0.25) is 4.79 Å². The first kappa shape index (κ1) is 18.2. The average Bonchev–Trinajstić information content (AvgIpc) is 2.87. The summed E-state index contributed by atoms with van der Waals surface area (Å²) >= 11 is 0. The Morgan fingerprint density at radius 1 is 1.33 bits per heavy atom. The Labute approximate surface area is 143 Å². The molecule has 2 N–H and O–H groups in total. The minimum absolute atomic E-state index is 0.292. The number of aryl methyl sites for hydroxylation is 1. The summed E-state index contributed by atoms with van der Waals surface area (Å²) in [6.07, 6.45) is 4.90. The van der Waals surface area contributed by atoms with E-state index in [1.807, 2.05) is 11.8 Å². The third kappa shape index (κ3) is 6.17. The maximum Gasteiger partial charge on any atom is 0.223 e. The van der Waals surface area contributed by atoms with Gasteiger partial charge in [0, 0.05) is 39.5 Å². The molecule has 1 fully saturated rings. The Bertz CT molecular complexity index is 542. The summed E-state index contributed by atoms with van der Waals surface area (Å²) in [5.74, 6) is 2.13. The molecule has 0 aromatic carbocycles. The fourth-order valence-corrected chi connectivity index (χ4v) is 2.65. The molecule has 0 atom stereocenters. The fourth-order valence-electron chi connectivity index (χ4n) is 2.65. The SMILES string of the molecule is CCNC(=NCc1noc(C)n1)NCCCN1CCCCCC1=O. The van der Waals surface area contributed by atoms with E-state index in [4.69, 9.17) is 4.52 Å². The van der Waals surface area contributed by atoms with Crippen LogP contribution < -0.4 is 10.6 Å². The van der Waals surface area contributed by atoms with Crippen molar-refractivity contribution >= 4 is 11.9 Å². The lowest BCUT2D eigenvalue weighted by atomic mass is 10.2. The number of nitrogens with zero attached hydrogens (tertiary/aromatic N) is 4. The molecule has 1 saturated heterocycles. The second-order valence-electron chi connectivity index (χ2n) is 5.90. The number of guanidine groups is 1. The number of aliphatic imine (C=N–C) groups is 1. The van der Waals surface area contributed by atoms with Gasteiger partial charge in [-0.15, -0.1) is 0 Å². The second-order valence-corrected chi connectivity index (χ2v) is 5.90. The maximum absolute atomic E-state index is 12.0. The van der Waals surface area contributed by atoms with Crippen LogP contribution in [0.4, 0.5) is 0 Å². The van der Waals surface area contributed by atoms with Crippen molar-refractivity contribution in [3.8, 4) is 0 Å². The minimum atomic E-state index is 0.292. The molecule has 1 aromatic rings. The molecule has 8 nitrogen and oxygen atoms in total. The van der Waals surface area contributed by atoms with Gasteiger partial charge in [0.2, 0.25) is 11.8 Å². The molecule has 1 aliphatic heterocycles. The number of hydrogen-bond acceptors (Lipinski definition) is 5. The summed E-state index contributed by atoms with van der Waals surface area (Å²) in [6, 6.07) is 0. The van der Waals surface area contributed by atoms with Gasteiger partial charge in [-0.25, -0.2) is 4.99 Å². The van der Waals surface area contributed by atoms with Crippen LogP contribution in [0.25, 0.3) is 0 Å².